The van der Waals surface area contributed by atoms with Gasteiger partial charge in [0.05, 0.1) is 10.7 Å². The average Bonchev–Trinajstić information content (AvgIpc) is 2.94. The largest absolute Gasteiger partial charge is 0.458 e. The Morgan fingerprint density at radius 2 is 2.41 bits per heavy atom. The second-order valence-corrected chi connectivity index (χ2v) is 5.51. The fourth-order valence-electron chi connectivity index (χ4n) is 2.88. The number of fused-ring (bicyclic) bond motifs is 1. The molecule has 0 aliphatic carbocycles. The number of nitrogens with zero attached hydrogens (tertiary/aromatic N) is 1. The number of hydrogen-bond donors (Lipinski definition) is 1. The number of furan rings is 1. The normalized spacial score (nSPS) is 28.2. The van der Waals surface area contributed by atoms with E-state index in [2.05, 4.69) is 21.2 Å². The summed E-state index contributed by atoms with van der Waals surface area (Å²) in [5.74, 6) is 0.439. The van der Waals surface area contributed by atoms with Crippen molar-refractivity contribution in [1.29, 1.82) is 0 Å². The molecule has 0 saturated carbocycles. The van der Waals surface area contributed by atoms with Gasteiger partial charge in [-0.05, 0) is 47.8 Å². The fourth-order valence-corrected chi connectivity index (χ4v) is 3.25. The lowest BCUT2D eigenvalue weighted by Gasteiger charge is -2.31. The first-order valence-electron chi connectivity index (χ1n) is 6.05. The summed E-state index contributed by atoms with van der Waals surface area (Å²) in [6.07, 6.45) is 4.84. The van der Waals surface area contributed by atoms with E-state index < -0.39 is 0 Å². The number of rotatable bonds is 1. The van der Waals surface area contributed by atoms with Crippen LogP contribution in [0.3, 0.4) is 0 Å². The quantitative estimate of drug-likeness (QED) is 0.863. The smallest absolute Gasteiger partial charge is 0.291 e. The maximum Gasteiger partial charge on any atom is 0.291 e. The van der Waals surface area contributed by atoms with Gasteiger partial charge >= 0.3 is 0 Å². The van der Waals surface area contributed by atoms with E-state index in [0.29, 0.717) is 17.8 Å². The molecule has 3 rings (SSSR count). The molecule has 2 aliphatic heterocycles. The van der Waals surface area contributed by atoms with E-state index in [4.69, 9.17) is 4.42 Å². The third kappa shape index (κ3) is 1.91. The van der Waals surface area contributed by atoms with Crippen molar-refractivity contribution in [3.63, 3.8) is 0 Å². The molecular formula is C12H15BrN2O2. The second-order valence-electron chi connectivity index (χ2n) is 4.66. The van der Waals surface area contributed by atoms with Gasteiger partial charge in [0.1, 0.15) is 0 Å². The summed E-state index contributed by atoms with van der Waals surface area (Å²) in [6.45, 7) is 1.90. The van der Waals surface area contributed by atoms with Crippen LogP contribution in [0.1, 0.15) is 29.8 Å². The van der Waals surface area contributed by atoms with Gasteiger partial charge in [0, 0.05) is 18.6 Å². The average molecular weight is 299 g/mol. The Bertz CT molecular complexity index is 432. The van der Waals surface area contributed by atoms with Gasteiger partial charge in [-0.1, -0.05) is 0 Å². The van der Waals surface area contributed by atoms with Crippen LogP contribution in [-0.2, 0) is 0 Å². The molecule has 17 heavy (non-hydrogen) atoms. The van der Waals surface area contributed by atoms with Crippen LogP contribution in [-0.4, -0.2) is 36.0 Å². The van der Waals surface area contributed by atoms with Crippen molar-refractivity contribution >= 4 is 21.8 Å². The second kappa shape index (κ2) is 4.46. The van der Waals surface area contributed by atoms with Crippen LogP contribution in [0.2, 0.25) is 0 Å². The van der Waals surface area contributed by atoms with Crippen LogP contribution in [0.15, 0.2) is 21.2 Å². The number of halogens is 1. The van der Waals surface area contributed by atoms with Crippen LogP contribution in [0, 0.1) is 0 Å². The van der Waals surface area contributed by atoms with Gasteiger partial charge in [-0.25, -0.2) is 0 Å². The molecule has 4 nitrogen and oxygen atoms in total. The molecule has 1 amide bonds. The summed E-state index contributed by atoms with van der Waals surface area (Å²) in [6, 6.07) is 2.58. The van der Waals surface area contributed by atoms with Crippen molar-refractivity contribution in [1.82, 2.24) is 10.2 Å². The maximum atomic E-state index is 12.4. The lowest BCUT2D eigenvalue weighted by Crippen LogP contribution is -2.48. The third-order valence-corrected chi connectivity index (χ3v) is 4.33. The van der Waals surface area contributed by atoms with E-state index in [1.54, 1.807) is 12.3 Å². The summed E-state index contributed by atoms with van der Waals surface area (Å²) < 4.78 is 6.00. The number of carbonyl (C=O) groups excluding carboxylic acids is 1. The van der Waals surface area contributed by atoms with Gasteiger partial charge in [-0.15, -0.1) is 0 Å². The molecule has 0 aromatic carbocycles. The minimum Gasteiger partial charge on any atom is -0.458 e. The summed E-state index contributed by atoms with van der Waals surface area (Å²) in [4.78, 5) is 14.3. The summed E-state index contributed by atoms with van der Waals surface area (Å²) in [5.41, 5.74) is 0. The zero-order valence-corrected chi connectivity index (χ0v) is 11.1. The number of likely N-dealkylation sites (tertiary alicyclic amines) is 1. The molecular weight excluding hydrogens is 284 g/mol. The van der Waals surface area contributed by atoms with Crippen molar-refractivity contribution in [3.8, 4) is 0 Å². The highest BCUT2D eigenvalue weighted by Crippen LogP contribution is 2.28. The molecule has 1 aromatic rings. The Balaban J connectivity index is 1.81. The van der Waals surface area contributed by atoms with Crippen molar-refractivity contribution in [2.24, 2.45) is 0 Å². The lowest BCUT2D eigenvalue weighted by molar-refractivity contribution is 0.0672. The highest BCUT2D eigenvalue weighted by Gasteiger charge is 2.39. The van der Waals surface area contributed by atoms with Crippen LogP contribution in [0.25, 0.3) is 0 Å². The zero-order chi connectivity index (χ0) is 11.8. The van der Waals surface area contributed by atoms with E-state index in [9.17, 15) is 4.79 Å². The zero-order valence-electron chi connectivity index (χ0n) is 9.49. The fraction of sp³-hybridized carbons (Fsp3) is 0.583. The number of carbonyl (C=O) groups is 1. The molecule has 2 unspecified atom stereocenters. The minimum atomic E-state index is 0.0121. The van der Waals surface area contributed by atoms with Crippen LogP contribution < -0.4 is 5.32 Å². The van der Waals surface area contributed by atoms with E-state index in [1.807, 2.05) is 4.90 Å². The number of amides is 1. The molecule has 2 aliphatic rings. The monoisotopic (exact) mass is 298 g/mol. The Morgan fingerprint density at radius 3 is 3.18 bits per heavy atom. The third-order valence-electron chi connectivity index (χ3n) is 3.70. The molecule has 1 aromatic heterocycles. The molecule has 0 spiro atoms. The highest BCUT2D eigenvalue weighted by molar-refractivity contribution is 9.10. The van der Waals surface area contributed by atoms with Gasteiger partial charge in [-0.3, -0.25) is 4.79 Å². The first-order chi connectivity index (χ1) is 8.27. The molecule has 5 heteroatoms. The van der Waals surface area contributed by atoms with Crippen molar-refractivity contribution in [2.75, 3.05) is 13.1 Å². The van der Waals surface area contributed by atoms with Gasteiger partial charge < -0.3 is 14.6 Å². The molecule has 2 fully saturated rings. The van der Waals surface area contributed by atoms with Crippen LogP contribution in [0.4, 0.5) is 0 Å². The Hall–Kier alpha value is -0.810. The van der Waals surface area contributed by atoms with Gasteiger partial charge in [0.25, 0.3) is 5.91 Å². The SMILES string of the molecule is O=C(c1occc1Br)N1CCC2NCCCC21. The molecule has 2 saturated heterocycles. The Kier molecular flexibility index (Phi) is 2.96. The predicted octanol–water partition coefficient (Wildman–Crippen LogP) is 2.01. The lowest BCUT2D eigenvalue weighted by atomic mass is 9.99. The van der Waals surface area contributed by atoms with Crippen molar-refractivity contribution in [2.45, 2.75) is 31.3 Å². The summed E-state index contributed by atoms with van der Waals surface area (Å²) in [7, 11) is 0. The maximum absolute atomic E-state index is 12.4. The number of piperidine rings is 1. The van der Waals surface area contributed by atoms with E-state index in [1.165, 1.54) is 0 Å². The first-order valence-corrected chi connectivity index (χ1v) is 6.84. The molecule has 2 atom stereocenters. The Morgan fingerprint density at radius 1 is 1.53 bits per heavy atom. The summed E-state index contributed by atoms with van der Waals surface area (Å²) >= 11 is 3.35. The van der Waals surface area contributed by atoms with Gasteiger partial charge in [0.2, 0.25) is 5.76 Å². The Labute approximate surface area is 108 Å². The molecule has 0 radical (unpaired) electrons. The number of hydrogen-bond acceptors (Lipinski definition) is 3. The van der Waals surface area contributed by atoms with E-state index in [0.717, 1.165) is 36.8 Å². The van der Waals surface area contributed by atoms with Gasteiger partial charge in [0.15, 0.2) is 0 Å². The highest BCUT2D eigenvalue weighted by atomic mass is 79.9. The molecule has 1 N–H and O–H groups in total. The molecule has 3 heterocycles. The predicted molar refractivity (Wildman–Crippen MR) is 66.9 cm³/mol. The van der Waals surface area contributed by atoms with E-state index >= 15 is 0 Å². The van der Waals surface area contributed by atoms with Gasteiger partial charge in [-0.2, -0.15) is 0 Å². The molecule has 92 valence electrons. The first kappa shape index (κ1) is 11.3. The van der Waals surface area contributed by atoms with Crippen molar-refractivity contribution in [3.05, 3.63) is 22.6 Å². The van der Waals surface area contributed by atoms with Crippen LogP contribution >= 0.6 is 15.9 Å². The standard InChI is InChI=1S/C12H15BrN2O2/c13-8-4-7-17-11(8)12(16)15-6-3-9-10(15)2-1-5-14-9/h4,7,9-10,14H,1-3,5-6H2. The molecule has 0 bridgehead atoms. The topological polar surface area (TPSA) is 45.5 Å². The van der Waals surface area contributed by atoms with Crippen molar-refractivity contribution < 1.29 is 9.21 Å². The number of nitrogens with one attached hydrogen (secondary N) is 1. The van der Waals surface area contributed by atoms with Crippen LogP contribution in [0.5, 0.6) is 0 Å². The van der Waals surface area contributed by atoms with E-state index in [-0.39, 0.29) is 5.91 Å². The minimum absolute atomic E-state index is 0.0121. The summed E-state index contributed by atoms with van der Waals surface area (Å²) in [5, 5.41) is 3.49.